The van der Waals surface area contributed by atoms with Crippen LogP contribution >= 0.6 is 0 Å². The lowest BCUT2D eigenvalue weighted by molar-refractivity contribution is 0.669. The number of para-hydroxylation sites is 2. The Balaban J connectivity index is 1.01. The molecule has 2 aromatic heterocycles. The Morgan fingerprint density at radius 1 is 0.281 bits per heavy atom. The summed E-state index contributed by atoms with van der Waals surface area (Å²) in [5, 5.41) is 6.96. The molecule has 0 saturated carbocycles. The Labute approximate surface area is 329 Å². The van der Waals surface area contributed by atoms with Gasteiger partial charge in [-0.1, -0.05) is 176 Å². The number of aromatic nitrogens is 3. The standard InChI is InChI=1S/C53H33N3O/c1-3-14-34(15-4-1)40-18-7-8-19-41(40)38-30-31-39-33-47(42-20-9-10-21-43(42)48(39)32-38)35-26-28-37(29-27-35)52-54-51(36-16-5-2-6-17-36)55-53(56-52)46-24-13-23-45-44-22-11-12-25-49(44)57-50(45)46/h1-33H. The molecule has 2 heterocycles. The fourth-order valence-corrected chi connectivity index (χ4v) is 8.18. The van der Waals surface area contributed by atoms with Crippen molar-refractivity contribution >= 4 is 43.5 Å². The van der Waals surface area contributed by atoms with Gasteiger partial charge in [-0.2, -0.15) is 0 Å². The highest BCUT2D eigenvalue weighted by atomic mass is 16.3. The second-order valence-electron chi connectivity index (χ2n) is 14.3. The Morgan fingerprint density at radius 3 is 1.54 bits per heavy atom. The van der Waals surface area contributed by atoms with Gasteiger partial charge in [-0.15, -0.1) is 0 Å². The second kappa shape index (κ2) is 13.6. The van der Waals surface area contributed by atoms with Crippen molar-refractivity contribution in [3.8, 4) is 67.5 Å². The molecular formula is C53H33N3O. The van der Waals surface area contributed by atoms with Gasteiger partial charge in [-0.25, -0.2) is 15.0 Å². The predicted molar refractivity (Wildman–Crippen MR) is 235 cm³/mol. The lowest BCUT2D eigenvalue weighted by atomic mass is 9.89. The van der Waals surface area contributed by atoms with Crippen LogP contribution in [-0.4, -0.2) is 15.0 Å². The number of hydrogen-bond donors (Lipinski definition) is 0. The van der Waals surface area contributed by atoms with Gasteiger partial charge in [-0.3, -0.25) is 0 Å². The van der Waals surface area contributed by atoms with E-state index in [0.29, 0.717) is 17.5 Å². The largest absolute Gasteiger partial charge is 0.455 e. The quantitative estimate of drug-likeness (QED) is 0.160. The summed E-state index contributed by atoms with van der Waals surface area (Å²) in [6, 6.07) is 70.1. The molecule has 0 N–H and O–H groups in total. The SMILES string of the molecule is c1ccc(-c2nc(-c3ccc(-c4cc5ccc(-c6ccccc6-c6ccccc6)cc5c5ccccc45)cc3)nc(-c3cccc4c3oc3ccccc34)n2)cc1. The van der Waals surface area contributed by atoms with Gasteiger partial charge in [0.25, 0.3) is 0 Å². The van der Waals surface area contributed by atoms with Gasteiger partial charge in [0.15, 0.2) is 17.5 Å². The zero-order valence-electron chi connectivity index (χ0n) is 30.8. The number of hydrogen-bond acceptors (Lipinski definition) is 4. The summed E-state index contributed by atoms with van der Waals surface area (Å²) in [5.41, 5.74) is 11.4. The summed E-state index contributed by atoms with van der Waals surface area (Å²) in [6.45, 7) is 0. The molecule has 9 aromatic carbocycles. The van der Waals surface area contributed by atoms with Gasteiger partial charge in [0.2, 0.25) is 0 Å². The normalized spacial score (nSPS) is 11.5. The van der Waals surface area contributed by atoms with E-state index in [1.165, 1.54) is 49.4 Å². The van der Waals surface area contributed by atoms with Crippen molar-refractivity contribution in [3.05, 3.63) is 200 Å². The molecule has 0 bridgehead atoms. The number of fused-ring (bicyclic) bond motifs is 6. The van der Waals surface area contributed by atoms with E-state index in [9.17, 15) is 0 Å². The second-order valence-corrected chi connectivity index (χ2v) is 14.3. The van der Waals surface area contributed by atoms with Gasteiger partial charge in [0.05, 0.1) is 5.56 Å². The molecule has 4 nitrogen and oxygen atoms in total. The van der Waals surface area contributed by atoms with Crippen molar-refractivity contribution in [1.29, 1.82) is 0 Å². The van der Waals surface area contributed by atoms with Gasteiger partial charge in [0.1, 0.15) is 11.2 Å². The third-order valence-electron chi connectivity index (χ3n) is 11.0. The Kier molecular flexibility index (Phi) is 7.78. The van der Waals surface area contributed by atoms with Crippen LogP contribution in [0.2, 0.25) is 0 Å². The Hall–Kier alpha value is -7.69. The van der Waals surface area contributed by atoms with E-state index in [1.807, 2.05) is 60.7 Å². The van der Waals surface area contributed by atoms with Crippen molar-refractivity contribution in [1.82, 2.24) is 15.0 Å². The summed E-state index contributed by atoms with van der Waals surface area (Å²) in [6.07, 6.45) is 0. The minimum Gasteiger partial charge on any atom is -0.455 e. The lowest BCUT2D eigenvalue weighted by Gasteiger charge is -2.15. The topological polar surface area (TPSA) is 51.8 Å². The predicted octanol–water partition coefficient (Wildman–Crippen LogP) is 14.1. The Bertz CT molecular complexity index is 3280. The molecule has 4 heteroatoms. The maximum Gasteiger partial charge on any atom is 0.167 e. The third-order valence-corrected chi connectivity index (χ3v) is 11.0. The molecule has 0 saturated heterocycles. The lowest BCUT2D eigenvalue weighted by Crippen LogP contribution is -2.00. The summed E-state index contributed by atoms with van der Waals surface area (Å²) < 4.78 is 6.41. The van der Waals surface area contributed by atoms with Crippen LogP contribution in [0.3, 0.4) is 0 Å². The average Bonchev–Trinajstić information content (AvgIpc) is 3.68. The van der Waals surface area contributed by atoms with Crippen LogP contribution in [0.25, 0.3) is 111 Å². The first-order valence-corrected chi connectivity index (χ1v) is 19.2. The third kappa shape index (κ3) is 5.74. The van der Waals surface area contributed by atoms with E-state index < -0.39 is 0 Å². The minimum absolute atomic E-state index is 0.568. The van der Waals surface area contributed by atoms with E-state index in [-0.39, 0.29) is 0 Å². The van der Waals surface area contributed by atoms with E-state index in [0.717, 1.165) is 44.2 Å². The van der Waals surface area contributed by atoms with Crippen LogP contribution < -0.4 is 0 Å². The van der Waals surface area contributed by atoms with Crippen molar-refractivity contribution in [2.45, 2.75) is 0 Å². The number of rotatable bonds is 6. The molecule has 11 rings (SSSR count). The highest BCUT2D eigenvalue weighted by Crippen LogP contribution is 2.40. The molecule has 0 atom stereocenters. The molecule has 0 radical (unpaired) electrons. The number of nitrogens with zero attached hydrogens (tertiary/aromatic N) is 3. The van der Waals surface area contributed by atoms with Crippen molar-refractivity contribution in [2.24, 2.45) is 0 Å². The molecule has 57 heavy (non-hydrogen) atoms. The van der Waals surface area contributed by atoms with Gasteiger partial charge in [-0.05, 0) is 79.2 Å². The van der Waals surface area contributed by atoms with Crippen molar-refractivity contribution in [2.75, 3.05) is 0 Å². The van der Waals surface area contributed by atoms with Crippen LogP contribution in [-0.2, 0) is 0 Å². The first kappa shape index (κ1) is 32.7. The van der Waals surface area contributed by atoms with Gasteiger partial charge >= 0.3 is 0 Å². The summed E-state index contributed by atoms with van der Waals surface area (Å²) in [5.74, 6) is 1.78. The zero-order chi connectivity index (χ0) is 37.7. The van der Waals surface area contributed by atoms with Crippen LogP contribution in [0.4, 0.5) is 0 Å². The van der Waals surface area contributed by atoms with Crippen LogP contribution in [0.5, 0.6) is 0 Å². The van der Waals surface area contributed by atoms with Crippen LogP contribution in [0.1, 0.15) is 0 Å². The molecule has 0 unspecified atom stereocenters. The van der Waals surface area contributed by atoms with Crippen molar-refractivity contribution < 1.29 is 4.42 Å². The molecule has 0 fully saturated rings. The Morgan fingerprint density at radius 2 is 0.789 bits per heavy atom. The number of benzene rings is 9. The van der Waals surface area contributed by atoms with E-state index in [2.05, 4.69) is 140 Å². The van der Waals surface area contributed by atoms with Crippen LogP contribution in [0, 0.1) is 0 Å². The van der Waals surface area contributed by atoms with E-state index >= 15 is 0 Å². The highest BCUT2D eigenvalue weighted by molar-refractivity contribution is 6.15. The summed E-state index contributed by atoms with van der Waals surface area (Å²) in [4.78, 5) is 15.1. The molecule has 266 valence electrons. The van der Waals surface area contributed by atoms with Crippen molar-refractivity contribution in [3.63, 3.8) is 0 Å². The summed E-state index contributed by atoms with van der Waals surface area (Å²) in [7, 11) is 0. The maximum absolute atomic E-state index is 6.41. The highest BCUT2D eigenvalue weighted by Gasteiger charge is 2.18. The monoisotopic (exact) mass is 727 g/mol. The van der Waals surface area contributed by atoms with E-state index in [4.69, 9.17) is 19.4 Å². The molecule has 0 aliphatic rings. The first-order valence-electron chi connectivity index (χ1n) is 19.2. The molecule has 0 aliphatic heterocycles. The molecular weight excluding hydrogens is 695 g/mol. The molecule has 0 aliphatic carbocycles. The van der Waals surface area contributed by atoms with Crippen LogP contribution in [0.15, 0.2) is 205 Å². The number of furan rings is 1. The molecule has 0 spiro atoms. The molecule has 11 aromatic rings. The summed E-state index contributed by atoms with van der Waals surface area (Å²) >= 11 is 0. The zero-order valence-corrected chi connectivity index (χ0v) is 30.8. The average molecular weight is 728 g/mol. The molecule has 0 amide bonds. The van der Waals surface area contributed by atoms with E-state index in [1.54, 1.807) is 0 Å². The van der Waals surface area contributed by atoms with Gasteiger partial charge < -0.3 is 4.42 Å². The first-order chi connectivity index (χ1) is 28.2. The fourth-order valence-electron chi connectivity index (χ4n) is 8.18. The fraction of sp³-hybridized carbons (Fsp3) is 0. The minimum atomic E-state index is 0.568. The maximum atomic E-state index is 6.41. The van der Waals surface area contributed by atoms with Gasteiger partial charge in [0, 0.05) is 21.9 Å². The smallest absolute Gasteiger partial charge is 0.167 e.